The van der Waals surface area contributed by atoms with E-state index >= 15 is 0 Å². The highest BCUT2D eigenvalue weighted by molar-refractivity contribution is 6.36. The minimum Gasteiger partial charge on any atom is -0.494 e. The highest BCUT2D eigenvalue weighted by Crippen LogP contribution is 2.32. The molecule has 7 nitrogen and oxygen atoms in total. The molecular weight excluding hydrogens is 382 g/mol. The van der Waals surface area contributed by atoms with Crippen LogP contribution >= 0.6 is 0 Å². The van der Waals surface area contributed by atoms with Crippen LogP contribution in [0.3, 0.4) is 0 Å². The number of nitrogens with one attached hydrogen (secondary N) is 2. The van der Waals surface area contributed by atoms with Gasteiger partial charge in [-0.3, -0.25) is 19.3 Å². The molecular formula is C23H25N3O4. The van der Waals surface area contributed by atoms with Gasteiger partial charge in [0, 0.05) is 24.3 Å². The van der Waals surface area contributed by atoms with E-state index in [4.69, 9.17) is 4.74 Å². The summed E-state index contributed by atoms with van der Waals surface area (Å²) in [5.74, 6) is -0.177. The Kier molecular flexibility index (Phi) is 6.20. The van der Waals surface area contributed by atoms with Crippen molar-refractivity contribution in [1.29, 1.82) is 0 Å². The largest absolute Gasteiger partial charge is 0.494 e. The number of anilines is 2. The first kappa shape index (κ1) is 21.1. The van der Waals surface area contributed by atoms with Crippen LogP contribution in [0.4, 0.5) is 11.4 Å². The summed E-state index contributed by atoms with van der Waals surface area (Å²) in [6.07, 6.45) is 0. The van der Waals surface area contributed by atoms with Crippen molar-refractivity contribution in [3.8, 4) is 5.75 Å². The van der Waals surface area contributed by atoms with Gasteiger partial charge in [-0.05, 0) is 62.7 Å². The molecule has 0 fully saturated rings. The van der Waals surface area contributed by atoms with Gasteiger partial charge in [-0.15, -0.1) is 0 Å². The van der Waals surface area contributed by atoms with E-state index in [0.29, 0.717) is 34.9 Å². The number of imide groups is 1. The lowest BCUT2D eigenvalue weighted by molar-refractivity contribution is -0.138. The topological polar surface area (TPSA) is 87.7 Å². The molecule has 0 saturated heterocycles. The first-order chi connectivity index (χ1) is 14.3. The number of carbonyl (C=O) groups is 3. The Morgan fingerprint density at radius 1 is 0.967 bits per heavy atom. The quantitative estimate of drug-likeness (QED) is 0.684. The maximum atomic E-state index is 13.1. The molecule has 30 heavy (non-hydrogen) atoms. The summed E-state index contributed by atoms with van der Waals surface area (Å²) in [6.45, 7) is 7.48. The zero-order valence-electron chi connectivity index (χ0n) is 17.5. The van der Waals surface area contributed by atoms with E-state index in [1.165, 1.54) is 11.8 Å². The highest BCUT2D eigenvalue weighted by Gasteiger charge is 2.40. The highest BCUT2D eigenvalue weighted by atomic mass is 16.5. The van der Waals surface area contributed by atoms with E-state index in [1.807, 2.05) is 6.92 Å². The van der Waals surface area contributed by atoms with Gasteiger partial charge in [0.2, 0.25) is 5.91 Å². The third-order valence-corrected chi connectivity index (χ3v) is 4.56. The number of carbonyl (C=O) groups excluding carboxylic acids is 3. The van der Waals surface area contributed by atoms with Crippen molar-refractivity contribution in [1.82, 2.24) is 4.90 Å². The van der Waals surface area contributed by atoms with Gasteiger partial charge in [-0.1, -0.05) is 12.1 Å². The molecule has 156 valence electrons. The number of amides is 3. The monoisotopic (exact) mass is 407 g/mol. The smallest absolute Gasteiger partial charge is 0.278 e. The molecule has 2 aromatic carbocycles. The third-order valence-electron chi connectivity index (χ3n) is 4.56. The lowest BCUT2D eigenvalue weighted by Gasteiger charge is -2.19. The predicted octanol–water partition coefficient (Wildman–Crippen LogP) is 3.64. The Morgan fingerprint density at radius 2 is 1.57 bits per heavy atom. The molecule has 2 N–H and O–H groups in total. The molecule has 7 heteroatoms. The van der Waals surface area contributed by atoms with Crippen LogP contribution in [-0.4, -0.2) is 35.3 Å². The summed E-state index contributed by atoms with van der Waals surface area (Å²) < 4.78 is 5.47. The average Bonchev–Trinajstić information content (AvgIpc) is 2.94. The molecule has 0 spiro atoms. The maximum absolute atomic E-state index is 13.1. The first-order valence-electron chi connectivity index (χ1n) is 9.82. The molecule has 3 rings (SSSR count). The van der Waals surface area contributed by atoms with Gasteiger partial charge in [0.15, 0.2) is 0 Å². The Morgan fingerprint density at radius 3 is 2.10 bits per heavy atom. The summed E-state index contributed by atoms with van der Waals surface area (Å²) in [7, 11) is 0. The van der Waals surface area contributed by atoms with Crippen LogP contribution in [0.2, 0.25) is 0 Å². The normalized spacial score (nSPS) is 13.8. The van der Waals surface area contributed by atoms with Crippen LogP contribution in [0, 0.1) is 0 Å². The zero-order chi connectivity index (χ0) is 21.8. The second-order valence-electron chi connectivity index (χ2n) is 7.16. The van der Waals surface area contributed by atoms with Crippen molar-refractivity contribution in [2.75, 3.05) is 17.2 Å². The molecule has 2 aromatic rings. The number of hydrogen-bond donors (Lipinski definition) is 2. The minimum atomic E-state index is -0.371. The van der Waals surface area contributed by atoms with Crippen LogP contribution in [0.1, 0.15) is 33.3 Å². The second-order valence-corrected chi connectivity index (χ2v) is 7.16. The van der Waals surface area contributed by atoms with Gasteiger partial charge >= 0.3 is 0 Å². The molecule has 1 aliphatic heterocycles. The fourth-order valence-electron chi connectivity index (χ4n) is 3.27. The fourth-order valence-corrected chi connectivity index (χ4v) is 3.27. The first-order valence-corrected chi connectivity index (χ1v) is 9.82. The van der Waals surface area contributed by atoms with Crippen LogP contribution < -0.4 is 15.4 Å². The maximum Gasteiger partial charge on any atom is 0.278 e. The molecule has 1 aliphatic rings. The number of ether oxygens (including phenoxy) is 1. The van der Waals surface area contributed by atoms with Crippen molar-refractivity contribution in [3.05, 3.63) is 59.8 Å². The molecule has 3 amide bonds. The minimum absolute atomic E-state index is 0.166. The van der Waals surface area contributed by atoms with E-state index in [-0.39, 0.29) is 29.5 Å². The molecule has 0 unspecified atom stereocenters. The number of nitrogens with zero attached hydrogens (tertiary/aromatic N) is 1. The van der Waals surface area contributed by atoms with Gasteiger partial charge in [-0.2, -0.15) is 0 Å². The Labute approximate surface area is 175 Å². The molecule has 1 heterocycles. The molecule has 0 saturated carbocycles. The lowest BCUT2D eigenvalue weighted by Crippen LogP contribution is -2.38. The van der Waals surface area contributed by atoms with Crippen LogP contribution in [0.25, 0.3) is 5.57 Å². The SMILES string of the molecule is CCOc1ccc(C2=C(Nc3ccc(NC(C)=O)cc3)C(=O)N(C(C)C)C2=O)cc1. The summed E-state index contributed by atoms with van der Waals surface area (Å²) in [4.78, 5) is 38.5. The molecule has 0 aliphatic carbocycles. The summed E-state index contributed by atoms with van der Waals surface area (Å²) in [5.41, 5.74) is 2.46. The Bertz CT molecular complexity index is 992. The number of hydrogen-bond acceptors (Lipinski definition) is 5. The number of rotatable bonds is 7. The average molecular weight is 407 g/mol. The van der Waals surface area contributed by atoms with Crippen LogP contribution in [-0.2, 0) is 14.4 Å². The van der Waals surface area contributed by atoms with E-state index in [2.05, 4.69) is 10.6 Å². The van der Waals surface area contributed by atoms with E-state index in [0.717, 1.165) is 0 Å². The molecule has 0 radical (unpaired) electrons. The van der Waals surface area contributed by atoms with Crippen LogP contribution in [0.5, 0.6) is 5.75 Å². The summed E-state index contributed by atoms with van der Waals surface area (Å²) in [6, 6.07) is 13.8. The van der Waals surface area contributed by atoms with E-state index < -0.39 is 0 Å². The van der Waals surface area contributed by atoms with Gasteiger partial charge in [0.25, 0.3) is 11.8 Å². The molecule has 0 aromatic heterocycles. The standard InChI is InChI=1S/C23H25N3O4/c1-5-30-19-12-6-16(7-13-19)20-21(23(29)26(14(2)3)22(20)28)25-18-10-8-17(9-11-18)24-15(4)27/h6-14,25H,5H2,1-4H3,(H,24,27). The van der Waals surface area contributed by atoms with Crippen molar-refractivity contribution in [2.45, 2.75) is 33.7 Å². The zero-order valence-corrected chi connectivity index (χ0v) is 17.5. The van der Waals surface area contributed by atoms with Crippen molar-refractivity contribution in [3.63, 3.8) is 0 Å². The van der Waals surface area contributed by atoms with Gasteiger partial charge in [-0.25, -0.2) is 0 Å². The van der Waals surface area contributed by atoms with Crippen molar-refractivity contribution in [2.24, 2.45) is 0 Å². The van der Waals surface area contributed by atoms with E-state index in [1.54, 1.807) is 62.4 Å². The van der Waals surface area contributed by atoms with Crippen molar-refractivity contribution < 1.29 is 19.1 Å². The summed E-state index contributed by atoms with van der Waals surface area (Å²) in [5, 5.41) is 5.79. The summed E-state index contributed by atoms with van der Waals surface area (Å²) >= 11 is 0. The third kappa shape index (κ3) is 4.35. The fraction of sp³-hybridized carbons (Fsp3) is 0.261. The van der Waals surface area contributed by atoms with Crippen LogP contribution in [0.15, 0.2) is 54.2 Å². The Balaban J connectivity index is 1.97. The molecule has 0 atom stereocenters. The Hall–Kier alpha value is -3.61. The lowest BCUT2D eigenvalue weighted by atomic mass is 10.0. The van der Waals surface area contributed by atoms with Crippen molar-refractivity contribution >= 4 is 34.7 Å². The second kappa shape index (κ2) is 8.82. The number of benzene rings is 2. The van der Waals surface area contributed by atoms with E-state index in [9.17, 15) is 14.4 Å². The van der Waals surface area contributed by atoms with Gasteiger partial charge < -0.3 is 15.4 Å². The molecule has 0 bridgehead atoms. The van der Waals surface area contributed by atoms with Gasteiger partial charge in [0.1, 0.15) is 11.4 Å². The van der Waals surface area contributed by atoms with Gasteiger partial charge in [0.05, 0.1) is 12.2 Å². The predicted molar refractivity (Wildman–Crippen MR) is 116 cm³/mol.